The lowest BCUT2D eigenvalue weighted by Gasteiger charge is -2.49. The van der Waals surface area contributed by atoms with E-state index in [0.29, 0.717) is 28.4 Å². The summed E-state index contributed by atoms with van der Waals surface area (Å²) in [4.78, 5) is 2.21. The van der Waals surface area contributed by atoms with Crippen molar-refractivity contribution in [3.05, 3.63) is 42.5 Å². The zero-order chi connectivity index (χ0) is 21.4. The minimum atomic E-state index is 0.0576. The Kier molecular flexibility index (Phi) is 5.50. The molecule has 6 nitrogen and oxygen atoms in total. The maximum Gasteiger partial charge on any atom is 0.151 e. The van der Waals surface area contributed by atoms with Crippen molar-refractivity contribution >= 4 is 17.6 Å². The van der Waals surface area contributed by atoms with Crippen molar-refractivity contribution in [3.8, 4) is 17.0 Å². The van der Waals surface area contributed by atoms with Crippen LogP contribution in [0.3, 0.4) is 0 Å². The molecule has 29 heavy (non-hydrogen) atoms. The Bertz CT molecular complexity index is 901. The van der Waals surface area contributed by atoms with E-state index in [0.717, 1.165) is 18.7 Å². The van der Waals surface area contributed by atoms with Crippen LogP contribution in [0.4, 0.5) is 5.82 Å². The predicted molar refractivity (Wildman–Crippen MR) is 120 cm³/mol. The van der Waals surface area contributed by atoms with E-state index in [1.165, 1.54) is 6.21 Å². The first-order valence-corrected chi connectivity index (χ1v) is 9.90. The van der Waals surface area contributed by atoms with E-state index in [4.69, 9.17) is 5.41 Å². The maximum absolute atomic E-state index is 10.4. The van der Waals surface area contributed by atoms with Crippen molar-refractivity contribution in [1.29, 1.82) is 5.41 Å². The zero-order valence-corrected chi connectivity index (χ0v) is 18.0. The van der Waals surface area contributed by atoms with E-state index in [2.05, 4.69) is 61.7 Å². The maximum atomic E-state index is 10.4. The highest BCUT2D eigenvalue weighted by molar-refractivity contribution is 6.07. The molecule has 2 aromatic rings. The summed E-state index contributed by atoms with van der Waals surface area (Å²) in [5, 5.41) is 30.2. The molecule has 1 aliphatic rings. The van der Waals surface area contributed by atoms with Gasteiger partial charge in [-0.05, 0) is 75.9 Å². The Hall–Kier alpha value is -2.73. The number of aromatic hydroxyl groups is 1. The highest BCUT2D eigenvalue weighted by Crippen LogP contribution is 2.34. The minimum absolute atomic E-state index is 0.0576. The number of aromatic nitrogens is 2. The number of rotatable bonds is 5. The Morgan fingerprint density at radius 2 is 1.83 bits per heavy atom. The molecule has 1 fully saturated rings. The third-order valence-electron chi connectivity index (χ3n) is 5.55. The number of allylic oxidation sites excluding steroid dienone is 1. The van der Waals surface area contributed by atoms with E-state index >= 15 is 0 Å². The van der Waals surface area contributed by atoms with Gasteiger partial charge in [-0.15, -0.1) is 10.2 Å². The van der Waals surface area contributed by atoms with Crippen LogP contribution in [0.15, 0.2) is 36.9 Å². The van der Waals surface area contributed by atoms with Gasteiger partial charge in [-0.3, -0.25) is 0 Å². The van der Waals surface area contributed by atoms with Crippen molar-refractivity contribution in [2.75, 3.05) is 11.9 Å². The topological polar surface area (TPSA) is 85.1 Å². The number of nitrogens with zero attached hydrogens (tertiary/aromatic N) is 3. The quantitative estimate of drug-likeness (QED) is 0.661. The third-order valence-corrected chi connectivity index (χ3v) is 5.55. The van der Waals surface area contributed by atoms with E-state index in [1.807, 2.05) is 18.2 Å². The van der Waals surface area contributed by atoms with Gasteiger partial charge >= 0.3 is 0 Å². The number of phenolic OH excluding ortho intramolecular Hbond substituents is 1. The van der Waals surface area contributed by atoms with Crippen molar-refractivity contribution in [3.63, 3.8) is 0 Å². The van der Waals surface area contributed by atoms with Gasteiger partial charge in [-0.1, -0.05) is 12.6 Å². The molecule has 0 bridgehead atoms. The van der Waals surface area contributed by atoms with E-state index < -0.39 is 0 Å². The average Bonchev–Trinajstić information content (AvgIpc) is 2.64. The monoisotopic (exact) mass is 393 g/mol. The van der Waals surface area contributed by atoms with Crippen molar-refractivity contribution in [2.45, 2.75) is 57.7 Å². The summed E-state index contributed by atoms with van der Waals surface area (Å²) >= 11 is 0. The third kappa shape index (κ3) is 4.65. The second-order valence-corrected chi connectivity index (χ2v) is 9.24. The van der Waals surface area contributed by atoms with Crippen LogP contribution in [0.25, 0.3) is 16.8 Å². The summed E-state index contributed by atoms with van der Waals surface area (Å²) in [7, 11) is 2.07. The highest BCUT2D eigenvalue weighted by Gasteiger charge is 2.39. The molecule has 6 heteroatoms. The predicted octanol–water partition coefficient (Wildman–Crippen LogP) is 4.26. The van der Waals surface area contributed by atoms with Gasteiger partial charge in [-0.2, -0.15) is 0 Å². The first kappa shape index (κ1) is 21.0. The van der Waals surface area contributed by atoms with Crippen molar-refractivity contribution < 1.29 is 5.11 Å². The Morgan fingerprint density at radius 3 is 2.34 bits per heavy atom. The van der Waals surface area contributed by atoms with E-state index in [9.17, 15) is 5.11 Å². The standard InChI is InChI=1S/C23H31N5O/c1-15(14-24)16-7-8-18(20(29)11-16)19-9-10-21(26-25-19)28(6)17-12-22(2,3)27-23(4,5)13-17/h7-11,14,17,24,27,29H,1,12-13H2,2-6H3. The molecular formula is C23H31N5O. The van der Waals surface area contributed by atoms with Crippen LogP contribution in [0.2, 0.25) is 0 Å². The molecule has 154 valence electrons. The largest absolute Gasteiger partial charge is 0.507 e. The van der Waals surface area contributed by atoms with Crippen LogP contribution in [0.5, 0.6) is 5.75 Å². The average molecular weight is 394 g/mol. The number of nitrogens with one attached hydrogen (secondary N) is 2. The fraction of sp³-hybridized carbons (Fsp3) is 0.435. The summed E-state index contributed by atoms with van der Waals surface area (Å²) in [5.74, 6) is 0.920. The Balaban J connectivity index is 1.81. The lowest BCUT2D eigenvalue weighted by molar-refractivity contribution is 0.160. The number of hydrogen-bond acceptors (Lipinski definition) is 6. The Morgan fingerprint density at radius 1 is 1.17 bits per heavy atom. The van der Waals surface area contributed by atoms with E-state index in [1.54, 1.807) is 12.1 Å². The van der Waals surface area contributed by atoms with Gasteiger partial charge in [0.2, 0.25) is 0 Å². The second kappa shape index (κ2) is 7.59. The lowest BCUT2D eigenvalue weighted by Crippen LogP contribution is -2.62. The molecule has 0 spiro atoms. The second-order valence-electron chi connectivity index (χ2n) is 9.24. The van der Waals surface area contributed by atoms with Crippen molar-refractivity contribution in [1.82, 2.24) is 15.5 Å². The van der Waals surface area contributed by atoms with Gasteiger partial charge in [-0.25, -0.2) is 0 Å². The molecule has 1 saturated heterocycles. The molecule has 0 atom stereocenters. The Labute approximate surface area is 173 Å². The fourth-order valence-electron chi connectivity index (χ4n) is 4.42. The van der Waals surface area contributed by atoms with Gasteiger partial charge in [0.1, 0.15) is 5.75 Å². The molecule has 1 aliphatic heterocycles. The molecule has 1 aromatic heterocycles. The number of phenols is 1. The van der Waals surface area contributed by atoms with E-state index in [-0.39, 0.29) is 16.8 Å². The molecule has 0 amide bonds. The summed E-state index contributed by atoms with van der Waals surface area (Å²) in [6.07, 6.45) is 3.22. The van der Waals surface area contributed by atoms with Crippen LogP contribution in [-0.2, 0) is 0 Å². The molecule has 0 saturated carbocycles. The molecule has 0 radical (unpaired) electrons. The summed E-state index contributed by atoms with van der Waals surface area (Å²) in [6.45, 7) is 12.7. The van der Waals surface area contributed by atoms with Gasteiger partial charge < -0.3 is 20.7 Å². The summed E-state index contributed by atoms with van der Waals surface area (Å²) in [6, 6.07) is 9.41. The van der Waals surface area contributed by atoms with Crippen LogP contribution in [0.1, 0.15) is 46.1 Å². The molecule has 0 aliphatic carbocycles. The van der Waals surface area contributed by atoms with Gasteiger partial charge in [0, 0.05) is 35.9 Å². The smallest absolute Gasteiger partial charge is 0.151 e. The minimum Gasteiger partial charge on any atom is -0.507 e. The van der Waals surface area contributed by atoms with Gasteiger partial charge in [0.25, 0.3) is 0 Å². The van der Waals surface area contributed by atoms with Gasteiger partial charge in [0.05, 0.1) is 5.69 Å². The molecule has 0 unspecified atom stereocenters. The first-order chi connectivity index (χ1) is 13.5. The zero-order valence-electron chi connectivity index (χ0n) is 18.0. The van der Waals surface area contributed by atoms with Crippen LogP contribution in [-0.4, -0.2) is 45.7 Å². The van der Waals surface area contributed by atoms with Crippen LogP contribution >= 0.6 is 0 Å². The molecular weight excluding hydrogens is 362 g/mol. The highest BCUT2D eigenvalue weighted by atomic mass is 16.3. The molecule has 1 aromatic carbocycles. The SMILES string of the molecule is C=C(C=N)c1ccc(-c2ccc(N(C)C3CC(C)(C)NC(C)(C)C3)nn2)c(O)c1. The number of piperidine rings is 1. The molecule has 2 heterocycles. The lowest BCUT2D eigenvalue weighted by atomic mass is 9.79. The molecule has 3 rings (SSSR count). The fourth-order valence-corrected chi connectivity index (χ4v) is 4.42. The number of hydrogen-bond donors (Lipinski definition) is 3. The summed E-state index contributed by atoms with van der Waals surface area (Å²) < 4.78 is 0. The molecule has 3 N–H and O–H groups in total. The summed E-state index contributed by atoms with van der Waals surface area (Å²) in [5.41, 5.74) is 2.59. The first-order valence-electron chi connectivity index (χ1n) is 9.90. The van der Waals surface area contributed by atoms with Gasteiger partial charge in [0.15, 0.2) is 5.82 Å². The van der Waals surface area contributed by atoms with Crippen molar-refractivity contribution in [2.24, 2.45) is 0 Å². The number of benzene rings is 1. The van der Waals surface area contributed by atoms with Crippen LogP contribution < -0.4 is 10.2 Å². The number of anilines is 1. The normalized spacial score (nSPS) is 18.2. The van der Waals surface area contributed by atoms with Crippen LogP contribution in [0, 0.1) is 5.41 Å².